The van der Waals surface area contributed by atoms with E-state index in [0.717, 1.165) is 22.8 Å². The third-order valence-electron chi connectivity index (χ3n) is 3.49. The molecule has 1 aromatic rings. The third-order valence-corrected chi connectivity index (χ3v) is 6.44. The van der Waals surface area contributed by atoms with Crippen LogP contribution in [0.25, 0.3) is 0 Å². The number of thiophene rings is 1. The molecule has 21 heavy (non-hydrogen) atoms. The Labute approximate surface area is 126 Å². The molecule has 9 heteroatoms. The SMILES string of the molecule is COC(=O)c1sccc1S(=O)(=O)N1CCC(C)C1C(=O)O. The molecule has 0 aromatic carbocycles. The van der Waals surface area contributed by atoms with E-state index in [2.05, 4.69) is 4.74 Å². The Hall–Kier alpha value is -1.45. The number of nitrogens with zero attached hydrogens (tertiary/aromatic N) is 1. The molecule has 1 aliphatic rings. The molecule has 0 saturated carbocycles. The summed E-state index contributed by atoms with van der Waals surface area (Å²) in [5, 5.41) is 10.7. The van der Waals surface area contributed by atoms with Crippen LogP contribution in [0.2, 0.25) is 0 Å². The molecule has 1 fully saturated rings. The van der Waals surface area contributed by atoms with E-state index in [1.807, 2.05) is 0 Å². The number of rotatable bonds is 4. The van der Waals surface area contributed by atoms with Crippen LogP contribution in [0.1, 0.15) is 23.0 Å². The normalized spacial score (nSPS) is 23.1. The fourth-order valence-corrected chi connectivity index (χ4v) is 5.42. The Morgan fingerprint density at radius 2 is 2.14 bits per heavy atom. The number of ether oxygens (including phenoxy) is 1. The maximum Gasteiger partial charge on any atom is 0.349 e. The van der Waals surface area contributed by atoms with Gasteiger partial charge in [-0.25, -0.2) is 13.2 Å². The van der Waals surface area contributed by atoms with Gasteiger partial charge in [0.1, 0.15) is 15.8 Å². The summed E-state index contributed by atoms with van der Waals surface area (Å²) in [6.45, 7) is 1.82. The Balaban J connectivity index is 2.46. The van der Waals surface area contributed by atoms with Crippen molar-refractivity contribution in [1.82, 2.24) is 4.31 Å². The molecule has 1 aromatic heterocycles. The minimum Gasteiger partial charge on any atom is -0.480 e. The first-order valence-electron chi connectivity index (χ1n) is 6.21. The van der Waals surface area contributed by atoms with Gasteiger partial charge in [0.25, 0.3) is 0 Å². The predicted molar refractivity (Wildman–Crippen MR) is 74.8 cm³/mol. The van der Waals surface area contributed by atoms with E-state index in [-0.39, 0.29) is 22.2 Å². The second kappa shape index (κ2) is 5.74. The molecule has 116 valence electrons. The molecule has 2 heterocycles. The van der Waals surface area contributed by atoms with Crippen LogP contribution in [0.3, 0.4) is 0 Å². The maximum atomic E-state index is 12.7. The molecule has 0 radical (unpaired) electrons. The fourth-order valence-electron chi connectivity index (χ4n) is 2.42. The first-order chi connectivity index (χ1) is 9.80. The lowest BCUT2D eigenvalue weighted by molar-refractivity contribution is -0.141. The fraction of sp³-hybridized carbons (Fsp3) is 0.500. The molecule has 7 nitrogen and oxygen atoms in total. The van der Waals surface area contributed by atoms with Crippen molar-refractivity contribution >= 4 is 33.3 Å². The lowest BCUT2D eigenvalue weighted by atomic mass is 10.0. The van der Waals surface area contributed by atoms with E-state index in [4.69, 9.17) is 0 Å². The van der Waals surface area contributed by atoms with Crippen molar-refractivity contribution < 1.29 is 27.9 Å². The maximum absolute atomic E-state index is 12.7. The lowest BCUT2D eigenvalue weighted by Crippen LogP contribution is -2.42. The van der Waals surface area contributed by atoms with Gasteiger partial charge in [0.15, 0.2) is 0 Å². The second-order valence-corrected chi connectivity index (χ2v) is 7.55. The van der Waals surface area contributed by atoms with Crippen LogP contribution in [-0.2, 0) is 19.6 Å². The number of sulfonamides is 1. The average molecular weight is 333 g/mol. The van der Waals surface area contributed by atoms with Gasteiger partial charge in [-0.05, 0) is 23.8 Å². The van der Waals surface area contributed by atoms with Crippen molar-refractivity contribution in [3.63, 3.8) is 0 Å². The molecule has 1 N–H and O–H groups in total. The number of aliphatic carboxylic acids is 1. The van der Waals surface area contributed by atoms with E-state index in [0.29, 0.717) is 6.42 Å². The summed E-state index contributed by atoms with van der Waals surface area (Å²) in [5.41, 5.74) is 0. The molecule has 0 bridgehead atoms. The van der Waals surface area contributed by atoms with Gasteiger partial charge in [-0.1, -0.05) is 6.92 Å². The zero-order valence-corrected chi connectivity index (χ0v) is 13.1. The van der Waals surface area contributed by atoms with Gasteiger partial charge in [0, 0.05) is 6.54 Å². The number of carboxylic acid groups (broad SMARTS) is 1. The van der Waals surface area contributed by atoms with Crippen molar-refractivity contribution in [2.45, 2.75) is 24.3 Å². The number of hydrogen-bond donors (Lipinski definition) is 1. The molecule has 0 aliphatic carbocycles. The Morgan fingerprint density at radius 1 is 1.48 bits per heavy atom. The van der Waals surface area contributed by atoms with Gasteiger partial charge in [0.05, 0.1) is 7.11 Å². The Kier molecular flexibility index (Phi) is 4.35. The highest BCUT2D eigenvalue weighted by Crippen LogP contribution is 2.33. The second-order valence-electron chi connectivity index (χ2n) is 4.77. The number of hydrogen-bond acceptors (Lipinski definition) is 6. The Bertz CT molecular complexity index is 665. The predicted octanol–water partition coefficient (Wildman–Crippen LogP) is 1.02. The summed E-state index contributed by atoms with van der Waals surface area (Å²) >= 11 is 0.951. The number of carboxylic acids is 1. The summed E-state index contributed by atoms with van der Waals surface area (Å²) in [6.07, 6.45) is 0.466. The van der Waals surface area contributed by atoms with Gasteiger partial charge in [-0.3, -0.25) is 4.79 Å². The average Bonchev–Trinajstić information content (AvgIpc) is 3.04. The molecular weight excluding hydrogens is 318 g/mol. The van der Waals surface area contributed by atoms with Crippen molar-refractivity contribution in [2.24, 2.45) is 5.92 Å². The van der Waals surface area contributed by atoms with Gasteiger partial charge >= 0.3 is 11.9 Å². The van der Waals surface area contributed by atoms with Gasteiger partial charge in [-0.2, -0.15) is 4.31 Å². The summed E-state index contributed by atoms with van der Waals surface area (Å²) in [4.78, 5) is 22.7. The summed E-state index contributed by atoms with van der Waals surface area (Å²) < 4.78 is 30.8. The standard InChI is InChI=1S/C12H15NO6S2/c1-7-3-5-13(9(7)11(14)15)21(17,18)8-4-6-20-10(8)12(16)19-2/h4,6-7,9H,3,5H2,1-2H3,(H,14,15). The van der Waals surface area contributed by atoms with Crippen LogP contribution < -0.4 is 0 Å². The molecule has 2 atom stereocenters. The van der Waals surface area contributed by atoms with Crippen molar-refractivity contribution in [2.75, 3.05) is 13.7 Å². The quantitative estimate of drug-likeness (QED) is 0.826. The zero-order valence-electron chi connectivity index (χ0n) is 11.5. The molecule has 1 saturated heterocycles. The van der Waals surface area contributed by atoms with Crippen LogP contribution in [-0.4, -0.2) is 49.5 Å². The third kappa shape index (κ3) is 2.68. The number of methoxy groups -OCH3 is 1. The number of carbonyl (C=O) groups is 2. The van der Waals surface area contributed by atoms with Crippen LogP contribution >= 0.6 is 11.3 Å². The van der Waals surface area contributed by atoms with Crippen LogP contribution in [0, 0.1) is 5.92 Å². The van der Waals surface area contributed by atoms with Gasteiger partial charge in [0.2, 0.25) is 10.0 Å². The van der Waals surface area contributed by atoms with Crippen LogP contribution in [0.4, 0.5) is 0 Å². The van der Waals surface area contributed by atoms with Crippen molar-refractivity contribution in [3.8, 4) is 0 Å². The van der Waals surface area contributed by atoms with Gasteiger partial charge in [-0.15, -0.1) is 11.3 Å². The van der Waals surface area contributed by atoms with E-state index in [1.54, 1.807) is 6.92 Å². The lowest BCUT2D eigenvalue weighted by Gasteiger charge is -2.22. The van der Waals surface area contributed by atoms with Crippen molar-refractivity contribution in [3.05, 3.63) is 16.3 Å². The van der Waals surface area contributed by atoms with E-state index in [9.17, 15) is 23.1 Å². The monoisotopic (exact) mass is 333 g/mol. The zero-order chi connectivity index (χ0) is 15.8. The number of esters is 1. The number of carbonyl (C=O) groups excluding carboxylic acids is 1. The molecule has 0 amide bonds. The van der Waals surface area contributed by atoms with Crippen LogP contribution in [0.5, 0.6) is 0 Å². The highest BCUT2D eigenvalue weighted by Gasteiger charge is 2.45. The summed E-state index contributed by atoms with van der Waals surface area (Å²) in [6, 6.07) is 0.189. The van der Waals surface area contributed by atoms with Gasteiger partial charge < -0.3 is 9.84 Å². The first kappa shape index (κ1) is 15.9. The first-order valence-corrected chi connectivity index (χ1v) is 8.53. The van der Waals surface area contributed by atoms with E-state index < -0.39 is 28.0 Å². The molecule has 2 unspecified atom stereocenters. The molecule has 0 spiro atoms. The minimum atomic E-state index is -4.05. The van der Waals surface area contributed by atoms with E-state index >= 15 is 0 Å². The largest absolute Gasteiger partial charge is 0.480 e. The highest BCUT2D eigenvalue weighted by molar-refractivity contribution is 7.89. The highest BCUT2D eigenvalue weighted by atomic mass is 32.2. The molecule has 2 rings (SSSR count). The molecule has 1 aliphatic heterocycles. The minimum absolute atomic E-state index is 0.0406. The van der Waals surface area contributed by atoms with E-state index in [1.165, 1.54) is 11.4 Å². The topological polar surface area (TPSA) is 101 Å². The summed E-state index contributed by atoms with van der Waals surface area (Å²) in [7, 11) is -2.88. The molecular formula is C12H15NO6S2. The Morgan fingerprint density at radius 3 is 2.71 bits per heavy atom. The summed E-state index contributed by atoms with van der Waals surface area (Å²) in [5.74, 6) is -2.21. The van der Waals surface area contributed by atoms with Crippen LogP contribution in [0.15, 0.2) is 16.3 Å². The smallest absolute Gasteiger partial charge is 0.349 e. The van der Waals surface area contributed by atoms with Crippen molar-refractivity contribution in [1.29, 1.82) is 0 Å².